The zero-order valence-corrected chi connectivity index (χ0v) is 14.8. The van der Waals surface area contributed by atoms with E-state index >= 15 is 0 Å². The second-order valence-corrected chi connectivity index (χ2v) is 6.50. The number of hydrogen-bond donors (Lipinski definition) is 0. The van der Waals surface area contributed by atoms with Gasteiger partial charge in [0.25, 0.3) is 0 Å². The number of fused-ring (bicyclic) bond motifs is 1. The molecule has 0 saturated heterocycles. The second kappa shape index (κ2) is 7.13. The third-order valence-electron chi connectivity index (χ3n) is 3.54. The molecule has 26 heavy (non-hydrogen) atoms. The van der Waals surface area contributed by atoms with Crippen LogP contribution in [-0.4, -0.2) is 17.5 Å². The van der Waals surface area contributed by atoms with Gasteiger partial charge in [-0.05, 0) is 47.9 Å². The molecule has 0 aliphatic heterocycles. The van der Waals surface area contributed by atoms with Gasteiger partial charge in [-0.2, -0.15) is 17.5 Å². The molecule has 4 nitrogen and oxygen atoms in total. The van der Waals surface area contributed by atoms with E-state index in [0.717, 1.165) is 22.9 Å². The van der Waals surface area contributed by atoms with Gasteiger partial charge in [0.15, 0.2) is 0 Å². The van der Waals surface area contributed by atoms with E-state index in [0.29, 0.717) is 16.8 Å². The highest BCUT2D eigenvalue weighted by Crippen LogP contribution is 2.37. The number of alkyl halides is 3. The Morgan fingerprint density at radius 1 is 1.23 bits per heavy atom. The Kier molecular flexibility index (Phi) is 5.06. The summed E-state index contributed by atoms with van der Waals surface area (Å²) in [5.74, 6) is 0.0384. The average molecular weight is 402 g/mol. The van der Waals surface area contributed by atoms with Crippen LogP contribution in [0.25, 0.3) is 10.1 Å². The molecule has 0 N–H and O–H groups in total. The van der Waals surface area contributed by atoms with Gasteiger partial charge in [0.05, 0.1) is 34.5 Å². The summed E-state index contributed by atoms with van der Waals surface area (Å²) >= 11 is 7.13. The zero-order chi connectivity index (χ0) is 18.9. The maximum Gasteiger partial charge on any atom is 0.416 e. The highest BCUT2D eigenvalue weighted by Gasteiger charge is 2.31. The largest absolute Gasteiger partial charge is 0.469 e. The van der Waals surface area contributed by atoms with Crippen LogP contribution < -0.4 is 4.74 Å². The number of aromatic nitrogens is 1. The molecule has 1 aromatic heterocycles. The Hall–Kier alpha value is -2.32. The lowest BCUT2D eigenvalue weighted by atomic mass is 10.1. The SMILES string of the molecule is COC(=O)Cc1nsc2ccc(Oc3ccc(C(F)(F)F)cc3Cl)cc12. The van der Waals surface area contributed by atoms with Crippen molar-refractivity contribution in [3.8, 4) is 11.5 Å². The smallest absolute Gasteiger partial charge is 0.416 e. The van der Waals surface area contributed by atoms with E-state index in [1.54, 1.807) is 18.2 Å². The number of halogens is 4. The molecule has 136 valence electrons. The number of carbonyl (C=O) groups is 1. The highest BCUT2D eigenvalue weighted by molar-refractivity contribution is 7.13. The van der Waals surface area contributed by atoms with Gasteiger partial charge in [-0.25, -0.2) is 0 Å². The highest BCUT2D eigenvalue weighted by atomic mass is 35.5. The Labute approximate surface area is 155 Å². The second-order valence-electron chi connectivity index (χ2n) is 5.29. The summed E-state index contributed by atoms with van der Waals surface area (Å²) in [7, 11) is 1.29. The van der Waals surface area contributed by atoms with Crippen molar-refractivity contribution in [1.82, 2.24) is 4.37 Å². The van der Waals surface area contributed by atoms with Crippen molar-refractivity contribution < 1.29 is 27.4 Å². The van der Waals surface area contributed by atoms with Crippen LogP contribution in [0, 0.1) is 0 Å². The lowest BCUT2D eigenvalue weighted by molar-refractivity contribution is -0.140. The number of methoxy groups -OCH3 is 1. The quantitative estimate of drug-likeness (QED) is 0.543. The summed E-state index contributed by atoms with van der Waals surface area (Å²) in [6.07, 6.45) is -4.47. The van der Waals surface area contributed by atoms with Crippen LogP contribution in [0.1, 0.15) is 11.3 Å². The maximum absolute atomic E-state index is 12.7. The first kappa shape index (κ1) is 18.5. The number of carbonyl (C=O) groups excluding carboxylic acids is 1. The molecule has 0 bridgehead atoms. The molecule has 9 heteroatoms. The zero-order valence-electron chi connectivity index (χ0n) is 13.3. The Balaban J connectivity index is 1.89. The third-order valence-corrected chi connectivity index (χ3v) is 4.70. The monoisotopic (exact) mass is 401 g/mol. The predicted molar refractivity (Wildman–Crippen MR) is 91.9 cm³/mol. The fourth-order valence-electron chi connectivity index (χ4n) is 2.25. The van der Waals surface area contributed by atoms with Gasteiger partial charge < -0.3 is 9.47 Å². The van der Waals surface area contributed by atoms with Gasteiger partial charge in [0.2, 0.25) is 0 Å². The lowest BCUT2D eigenvalue weighted by Gasteiger charge is -2.11. The van der Waals surface area contributed by atoms with Crippen LogP contribution in [0.2, 0.25) is 5.02 Å². The third kappa shape index (κ3) is 3.91. The van der Waals surface area contributed by atoms with Gasteiger partial charge >= 0.3 is 12.1 Å². The molecule has 0 radical (unpaired) electrons. The standard InChI is InChI=1S/C17H11ClF3NO3S/c1-24-16(23)8-13-11-7-10(3-5-15(11)26-22-13)25-14-4-2-9(6-12(14)18)17(19,20)21/h2-7H,8H2,1H3. The van der Waals surface area contributed by atoms with Crippen LogP contribution in [0.5, 0.6) is 11.5 Å². The molecule has 3 aromatic rings. The van der Waals surface area contributed by atoms with Crippen molar-refractivity contribution in [3.05, 3.63) is 52.7 Å². The molecule has 3 rings (SSSR count). The number of esters is 1. The minimum atomic E-state index is -4.48. The van der Waals surface area contributed by atoms with Gasteiger partial charge in [0.1, 0.15) is 11.5 Å². The van der Waals surface area contributed by atoms with Crippen LogP contribution in [0.3, 0.4) is 0 Å². The first-order valence-corrected chi connectivity index (χ1v) is 8.43. The Morgan fingerprint density at radius 2 is 2.00 bits per heavy atom. The molecule has 1 heterocycles. The average Bonchev–Trinajstić information content (AvgIpc) is 2.98. The molecule has 0 unspecified atom stereocenters. The molecule has 0 aliphatic rings. The van der Waals surface area contributed by atoms with Crippen molar-refractivity contribution in [1.29, 1.82) is 0 Å². The molecule has 0 fully saturated rings. The first-order chi connectivity index (χ1) is 12.3. The van der Waals surface area contributed by atoms with Crippen LogP contribution in [0.4, 0.5) is 13.2 Å². The molecule has 0 saturated carbocycles. The molecule has 0 spiro atoms. The fourth-order valence-corrected chi connectivity index (χ4v) is 3.25. The number of nitrogens with zero attached hydrogens (tertiary/aromatic N) is 1. The van der Waals surface area contributed by atoms with E-state index in [2.05, 4.69) is 9.11 Å². The lowest BCUT2D eigenvalue weighted by Crippen LogP contribution is -2.05. The molecule has 2 aromatic carbocycles. The van der Waals surface area contributed by atoms with Crippen molar-refractivity contribution in [2.45, 2.75) is 12.6 Å². The summed E-state index contributed by atoms with van der Waals surface area (Å²) < 4.78 is 53.4. The fraction of sp³-hybridized carbons (Fsp3) is 0.176. The minimum Gasteiger partial charge on any atom is -0.469 e. The molecule has 0 aliphatic carbocycles. The van der Waals surface area contributed by atoms with Gasteiger partial charge in [-0.3, -0.25) is 4.79 Å². The number of ether oxygens (including phenoxy) is 2. The van der Waals surface area contributed by atoms with Gasteiger partial charge in [-0.1, -0.05) is 11.6 Å². The Bertz CT molecular complexity index is 972. The molecule has 0 atom stereocenters. The van der Waals surface area contributed by atoms with Crippen molar-refractivity contribution >= 4 is 39.2 Å². The van der Waals surface area contributed by atoms with E-state index in [1.165, 1.54) is 18.6 Å². The minimum absolute atomic E-state index is 0.0149. The number of rotatable bonds is 4. The number of hydrogen-bond acceptors (Lipinski definition) is 5. The molecular formula is C17H11ClF3NO3S. The van der Waals surface area contributed by atoms with E-state index in [-0.39, 0.29) is 17.2 Å². The summed E-state index contributed by atoms with van der Waals surface area (Å²) in [5, 5.41) is 0.555. The van der Waals surface area contributed by atoms with E-state index in [4.69, 9.17) is 16.3 Å². The van der Waals surface area contributed by atoms with E-state index in [1.807, 2.05) is 0 Å². The van der Waals surface area contributed by atoms with Crippen LogP contribution >= 0.6 is 23.1 Å². The van der Waals surface area contributed by atoms with Crippen LogP contribution in [0.15, 0.2) is 36.4 Å². The van der Waals surface area contributed by atoms with Crippen LogP contribution in [-0.2, 0) is 22.1 Å². The maximum atomic E-state index is 12.7. The molecule has 0 amide bonds. The van der Waals surface area contributed by atoms with Crippen molar-refractivity contribution in [2.75, 3.05) is 7.11 Å². The van der Waals surface area contributed by atoms with E-state index < -0.39 is 17.7 Å². The number of benzene rings is 2. The van der Waals surface area contributed by atoms with Gasteiger partial charge in [-0.15, -0.1) is 0 Å². The van der Waals surface area contributed by atoms with Gasteiger partial charge in [0, 0.05) is 5.39 Å². The summed E-state index contributed by atoms with van der Waals surface area (Å²) in [5.41, 5.74) is -0.312. The first-order valence-electron chi connectivity index (χ1n) is 7.27. The summed E-state index contributed by atoms with van der Waals surface area (Å²) in [6.45, 7) is 0. The predicted octanol–water partition coefficient (Wildman–Crippen LogP) is 5.48. The van der Waals surface area contributed by atoms with E-state index in [9.17, 15) is 18.0 Å². The topological polar surface area (TPSA) is 48.4 Å². The normalized spacial score (nSPS) is 11.6. The Morgan fingerprint density at radius 3 is 2.65 bits per heavy atom. The van der Waals surface area contributed by atoms with Crippen molar-refractivity contribution in [2.24, 2.45) is 0 Å². The molecular weight excluding hydrogens is 391 g/mol. The van der Waals surface area contributed by atoms with Crippen molar-refractivity contribution in [3.63, 3.8) is 0 Å². The summed E-state index contributed by atoms with van der Waals surface area (Å²) in [6, 6.07) is 7.93. The summed E-state index contributed by atoms with van der Waals surface area (Å²) in [4.78, 5) is 11.5.